The number of hydrogen-bond acceptors (Lipinski definition) is 5. The summed E-state index contributed by atoms with van der Waals surface area (Å²) < 4.78 is 29.5. The van der Waals surface area contributed by atoms with Gasteiger partial charge >= 0.3 is 0 Å². The molecular weight excluding hydrogens is 388 g/mol. The first-order valence-electron chi connectivity index (χ1n) is 9.79. The van der Waals surface area contributed by atoms with Gasteiger partial charge in [-0.2, -0.15) is 0 Å². The SMILES string of the molecule is CCOc1ccc(C(=O)N(Cc2ccc(N(C)C)cc2)[C@H]2CCS(=O)(=O)C2)cc1. The number of benzene rings is 2. The molecule has 1 atom stereocenters. The number of rotatable bonds is 7. The maximum Gasteiger partial charge on any atom is 0.254 e. The van der Waals surface area contributed by atoms with E-state index in [9.17, 15) is 13.2 Å². The molecule has 156 valence electrons. The molecule has 29 heavy (non-hydrogen) atoms. The predicted octanol–water partition coefficient (Wildman–Crippen LogP) is 2.98. The Hall–Kier alpha value is -2.54. The van der Waals surface area contributed by atoms with Gasteiger partial charge in [0.05, 0.1) is 18.1 Å². The number of amides is 1. The van der Waals surface area contributed by atoms with Crippen LogP contribution in [-0.2, 0) is 16.4 Å². The van der Waals surface area contributed by atoms with Crippen molar-refractivity contribution in [1.29, 1.82) is 0 Å². The fourth-order valence-corrected chi connectivity index (χ4v) is 5.24. The minimum absolute atomic E-state index is 0.0194. The molecule has 0 unspecified atom stereocenters. The van der Waals surface area contributed by atoms with Gasteiger partial charge in [0.25, 0.3) is 5.91 Å². The van der Waals surface area contributed by atoms with Gasteiger partial charge in [0, 0.05) is 37.9 Å². The van der Waals surface area contributed by atoms with Gasteiger partial charge in [-0.15, -0.1) is 0 Å². The second-order valence-electron chi connectivity index (χ2n) is 7.51. The van der Waals surface area contributed by atoms with E-state index >= 15 is 0 Å². The Bertz CT molecular complexity index is 938. The van der Waals surface area contributed by atoms with Crippen molar-refractivity contribution >= 4 is 21.4 Å². The quantitative estimate of drug-likeness (QED) is 0.694. The molecule has 1 fully saturated rings. The average Bonchev–Trinajstić information content (AvgIpc) is 3.06. The van der Waals surface area contributed by atoms with Crippen LogP contribution in [0.15, 0.2) is 48.5 Å². The molecule has 1 saturated heterocycles. The van der Waals surface area contributed by atoms with E-state index in [4.69, 9.17) is 4.74 Å². The van der Waals surface area contributed by atoms with E-state index in [0.717, 1.165) is 11.3 Å². The van der Waals surface area contributed by atoms with Gasteiger partial charge in [-0.1, -0.05) is 12.1 Å². The molecule has 0 radical (unpaired) electrons. The summed E-state index contributed by atoms with van der Waals surface area (Å²) >= 11 is 0. The number of sulfone groups is 1. The minimum atomic E-state index is -3.10. The van der Waals surface area contributed by atoms with Gasteiger partial charge in [0.15, 0.2) is 9.84 Å². The van der Waals surface area contributed by atoms with Crippen molar-refractivity contribution < 1.29 is 17.9 Å². The van der Waals surface area contributed by atoms with Crippen molar-refractivity contribution in [3.63, 3.8) is 0 Å². The van der Waals surface area contributed by atoms with Crippen LogP contribution in [0.4, 0.5) is 5.69 Å². The van der Waals surface area contributed by atoms with Crippen molar-refractivity contribution in [1.82, 2.24) is 4.90 Å². The lowest BCUT2D eigenvalue weighted by molar-refractivity contribution is 0.0681. The molecule has 2 aromatic carbocycles. The zero-order valence-electron chi connectivity index (χ0n) is 17.2. The molecule has 0 bridgehead atoms. The highest BCUT2D eigenvalue weighted by Crippen LogP contribution is 2.24. The second kappa shape index (κ2) is 8.86. The predicted molar refractivity (Wildman–Crippen MR) is 115 cm³/mol. The van der Waals surface area contributed by atoms with E-state index in [1.165, 1.54) is 0 Å². The van der Waals surface area contributed by atoms with Gasteiger partial charge in [-0.3, -0.25) is 4.79 Å². The summed E-state index contributed by atoms with van der Waals surface area (Å²) in [4.78, 5) is 17.0. The van der Waals surface area contributed by atoms with Gasteiger partial charge in [-0.25, -0.2) is 8.42 Å². The maximum absolute atomic E-state index is 13.3. The molecule has 1 aliphatic rings. The Morgan fingerprint density at radius 2 is 1.72 bits per heavy atom. The molecule has 3 rings (SSSR count). The van der Waals surface area contributed by atoms with Crippen LogP contribution in [0.5, 0.6) is 5.75 Å². The van der Waals surface area contributed by atoms with Gasteiger partial charge in [0.1, 0.15) is 5.75 Å². The molecular formula is C22H28N2O4S. The zero-order chi connectivity index (χ0) is 21.0. The topological polar surface area (TPSA) is 66.9 Å². The summed E-state index contributed by atoms with van der Waals surface area (Å²) in [5, 5.41) is 0. The monoisotopic (exact) mass is 416 g/mol. The summed E-state index contributed by atoms with van der Waals surface area (Å²) in [6.45, 7) is 2.84. The largest absolute Gasteiger partial charge is 0.494 e. The highest BCUT2D eigenvalue weighted by atomic mass is 32.2. The van der Waals surface area contributed by atoms with Gasteiger partial charge in [-0.05, 0) is 55.3 Å². The van der Waals surface area contributed by atoms with Crippen molar-refractivity contribution in [3.05, 3.63) is 59.7 Å². The molecule has 2 aromatic rings. The highest BCUT2D eigenvalue weighted by molar-refractivity contribution is 7.91. The minimum Gasteiger partial charge on any atom is -0.494 e. The van der Waals surface area contributed by atoms with E-state index in [2.05, 4.69) is 0 Å². The number of hydrogen-bond donors (Lipinski definition) is 0. The number of carbonyl (C=O) groups is 1. The summed E-state index contributed by atoms with van der Waals surface area (Å²) in [6.07, 6.45) is 0.473. The smallest absolute Gasteiger partial charge is 0.254 e. The van der Waals surface area contributed by atoms with Gasteiger partial charge in [0.2, 0.25) is 0 Å². The van der Waals surface area contributed by atoms with Crippen LogP contribution in [0.25, 0.3) is 0 Å². The summed E-state index contributed by atoms with van der Waals surface area (Å²) in [7, 11) is 0.844. The lowest BCUT2D eigenvalue weighted by Crippen LogP contribution is -2.40. The van der Waals surface area contributed by atoms with Crippen LogP contribution in [0.3, 0.4) is 0 Å². The molecule has 6 nitrogen and oxygen atoms in total. The fraction of sp³-hybridized carbons (Fsp3) is 0.409. The maximum atomic E-state index is 13.3. The van der Waals surface area contributed by atoms with Crippen LogP contribution in [0, 0.1) is 0 Å². The molecule has 0 aromatic heterocycles. The molecule has 0 spiro atoms. The summed E-state index contributed by atoms with van der Waals surface area (Å²) in [5.74, 6) is 0.695. The molecule has 7 heteroatoms. The van der Waals surface area contributed by atoms with Crippen molar-refractivity contribution in [2.24, 2.45) is 0 Å². The molecule has 1 heterocycles. The Labute approximate surface area is 173 Å². The van der Waals surface area contributed by atoms with Crippen LogP contribution in [0.2, 0.25) is 0 Å². The van der Waals surface area contributed by atoms with Crippen LogP contribution in [-0.4, -0.2) is 57.5 Å². The van der Waals surface area contributed by atoms with Crippen LogP contribution < -0.4 is 9.64 Å². The van der Waals surface area contributed by atoms with Crippen molar-refractivity contribution in [3.8, 4) is 5.75 Å². The third-order valence-electron chi connectivity index (χ3n) is 5.13. The third kappa shape index (κ3) is 5.29. The van der Waals surface area contributed by atoms with Gasteiger partial charge < -0.3 is 14.5 Å². The van der Waals surface area contributed by atoms with E-state index in [-0.39, 0.29) is 23.5 Å². The normalized spacial score (nSPS) is 17.7. The fourth-order valence-electron chi connectivity index (χ4n) is 3.51. The first-order valence-corrected chi connectivity index (χ1v) is 11.6. The number of ether oxygens (including phenoxy) is 1. The Morgan fingerprint density at radius 1 is 1.07 bits per heavy atom. The number of carbonyl (C=O) groups excluding carboxylic acids is 1. The Morgan fingerprint density at radius 3 is 2.24 bits per heavy atom. The number of nitrogens with zero attached hydrogens (tertiary/aromatic N) is 2. The molecule has 0 N–H and O–H groups in total. The first kappa shape index (κ1) is 21.2. The molecule has 0 aliphatic carbocycles. The first-order chi connectivity index (χ1) is 13.8. The molecule has 1 aliphatic heterocycles. The third-order valence-corrected chi connectivity index (χ3v) is 6.88. The van der Waals surface area contributed by atoms with E-state index < -0.39 is 9.84 Å². The Kier molecular flexibility index (Phi) is 6.47. The van der Waals surface area contributed by atoms with Crippen molar-refractivity contribution in [2.45, 2.75) is 25.9 Å². The van der Waals surface area contributed by atoms with Crippen LogP contribution in [0.1, 0.15) is 29.3 Å². The Balaban J connectivity index is 1.85. The van der Waals surface area contributed by atoms with E-state index in [0.29, 0.717) is 30.9 Å². The summed E-state index contributed by atoms with van der Waals surface area (Å²) in [5.41, 5.74) is 2.57. The van der Waals surface area contributed by atoms with E-state index in [1.54, 1.807) is 29.2 Å². The standard InChI is InChI=1S/C22H28N2O4S/c1-4-28-21-11-7-18(8-12-21)22(25)24(20-13-14-29(26,27)16-20)15-17-5-9-19(10-6-17)23(2)3/h5-12,20H,4,13-16H2,1-3H3/t20-/m0/s1. The summed E-state index contributed by atoms with van der Waals surface area (Å²) in [6, 6.07) is 14.7. The molecule has 1 amide bonds. The molecule has 0 saturated carbocycles. The second-order valence-corrected chi connectivity index (χ2v) is 9.74. The van der Waals surface area contributed by atoms with E-state index in [1.807, 2.05) is 50.2 Å². The van der Waals surface area contributed by atoms with Crippen LogP contribution >= 0.6 is 0 Å². The number of anilines is 1. The highest BCUT2D eigenvalue weighted by Gasteiger charge is 2.35. The van der Waals surface area contributed by atoms with Crippen molar-refractivity contribution in [2.75, 3.05) is 37.1 Å². The lowest BCUT2D eigenvalue weighted by Gasteiger charge is -2.29. The average molecular weight is 417 g/mol. The lowest BCUT2D eigenvalue weighted by atomic mass is 10.1. The zero-order valence-corrected chi connectivity index (χ0v) is 18.0.